The van der Waals surface area contributed by atoms with Crippen molar-refractivity contribution in [3.63, 3.8) is 0 Å². The Morgan fingerprint density at radius 3 is 2.90 bits per heavy atom. The van der Waals surface area contributed by atoms with Gasteiger partial charge >= 0.3 is 0 Å². The topological polar surface area (TPSA) is 52.0 Å². The van der Waals surface area contributed by atoms with Gasteiger partial charge in [-0.05, 0) is 18.9 Å². The number of hydrogen-bond acceptors (Lipinski definition) is 2. The Morgan fingerprint density at radius 2 is 2.40 bits per heavy atom. The summed E-state index contributed by atoms with van der Waals surface area (Å²) in [6.45, 7) is 2.12. The van der Waals surface area contributed by atoms with Crippen LogP contribution in [0.3, 0.4) is 0 Å². The van der Waals surface area contributed by atoms with Crippen LogP contribution in [0.1, 0.15) is 19.8 Å². The molecule has 1 unspecified atom stereocenters. The van der Waals surface area contributed by atoms with Crippen molar-refractivity contribution in [1.29, 1.82) is 0 Å². The minimum atomic E-state index is 0.0512. The summed E-state index contributed by atoms with van der Waals surface area (Å²) in [5, 5.41) is 0. The number of nitrogens with two attached hydrogens (primary N) is 2. The van der Waals surface area contributed by atoms with Crippen LogP contribution in [0.25, 0.3) is 0 Å². The fourth-order valence-corrected chi connectivity index (χ4v) is 1.04. The van der Waals surface area contributed by atoms with E-state index in [1.807, 2.05) is 6.08 Å². The first-order chi connectivity index (χ1) is 4.74. The van der Waals surface area contributed by atoms with Gasteiger partial charge in [0, 0.05) is 11.7 Å². The molecule has 0 aliphatic heterocycles. The lowest BCUT2D eigenvalue weighted by Crippen LogP contribution is -2.28. The van der Waals surface area contributed by atoms with Crippen molar-refractivity contribution < 1.29 is 0 Å². The first kappa shape index (κ1) is 7.35. The van der Waals surface area contributed by atoms with E-state index in [4.69, 9.17) is 11.5 Å². The zero-order valence-electron chi connectivity index (χ0n) is 6.30. The SMILES string of the molecule is CCC1=CCC(N)C(N)=C1. The van der Waals surface area contributed by atoms with Gasteiger partial charge in [0.1, 0.15) is 0 Å². The smallest absolute Gasteiger partial charge is 0.0477 e. The van der Waals surface area contributed by atoms with Gasteiger partial charge in [0.05, 0.1) is 0 Å². The van der Waals surface area contributed by atoms with E-state index in [0.717, 1.165) is 18.5 Å². The highest BCUT2D eigenvalue weighted by molar-refractivity contribution is 5.29. The molecule has 1 aliphatic rings. The first-order valence-electron chi connectivity index (χ1n) is 3.65. The van der Waals surface area contributed by atoms with Crippen LogP contribution < -0.4 is 11.5 Å². The maximum absolute atomic E-state index is 5.66. The molecule has 0 aromatic heterocycles. The van der Waals surface area contributed by atoms with E-state index in [1.165, 1.54) is 5.57 Å². The Morgan fingerprint density at radius 1 is 1.70 bits per heavy atom. The van der Waals surface area contributed by atoms with Crippen LogP contribution in [-0.4, -0.2) is 6.04 Å². The molecule has 1 rings (SSSR count). The summed E-state index contributed by atoms with van der Waals surface area (Å²) < 4.78 is 0. The van der Waals surface area contributed by atoms with E-state index < -0.39 is 0 Å². The maximum Gasteiger partial charge on any atom is 0.0477 e. The van der Waals surface area contributed by atoms with Gasteiger partial charge in [-0.15, -0.1) is 0 Å². The maximum atomic E-state index is 5.66. The molecular weight excluding hydrogens is 124 g/mol. The second-order valence-corrected chi connectivity index (χ2v) is 2.62. The third-order valence-corrected chi connectivity index (χ3v) is 1.82. The molecule has 0 spiro atoms. The molecule has 1 aliphatic carbocycles. The largest absolute Gasteiger partial charge is 0.401 e. The molecule has 4 N–H and O–H groups in total. The Bertz CT molecular complexity index is 180. The predicted octanol–water partition coefficient (Wildman–Crippen LogP) is 0.896. The van der Waals surface area contributed by atoms with Gasteiger partial charge in [-0.25, -0.2) is 0 Å². The summed E-state index contributed by atoms with van der Waals surface area (Å²) in [7, 11) is 0. The second kappa shape index (κ2) is 2.88. The Hall–Kier alpha value is -0.760. The molecule has 2 heteroatoms. The number of rotatable bonds is 1. The summed E-state index contributed by atoms with van der Waals surface area (Å²) >= 11 is 0. The molecule has 0 aromatic carbocycles. The average molecular weight is 138 g/mol. The monoisotopic (exact) mass is 138 g/mol. The summed E-state index contributed by atoms with van der Waals surface area (Å²) in [4.78, 5) is 0. The second-order valence-electron chi connectivity index (χ2n) is 2.62. The van der Waals surface area contributed by atoms with E-state index in [0.29, 0.717) is 0 Å². The molecule has 0 aromatic rings. The van der Waals surface area contributed by atoms with Gasteiger partial charge in [0.15, 0.2) is 0 Å². The molecule has 0 radical (unpaired) electrons. The van der Waals surface area contributed by atoms with Crippen molar-refractivity contribution in [2.45, 2.75) is 25.8 Å². The third-order valence-electron chi connectivity index (χ3n) is 1.82. The van der Waals surface area contributed by atoms with Crippen LogP contribution in [0.4, 0.5) is 0 Å². The molecule has 1 atom stereocenters. The van der Waals surface area contributed by atoms with Crippen LogP contribution in [0.2, 0.25) is 0 Å². The summed E-state index contributed by atoms with van der Waals surface area (Å²) in [6, 6.07) is 0.0512. The summed E-state index contributed by atoms with van der Waals surface area (Å²) in [5.41, 5.74) is 13.4. The molecule has 56 valence electrons. The minimum Gasteiger partial charge on any atom is -0.401 e. The van der Waals surface area contributed by atoms with E-state index >= 15 is 0 Å². The van der Waals surface area contributed by atoms with Crippen molar-refractivity contribution in [3.05, 3.63) is 23.4 Å². The quantitative estimate of drug-likeness (QED) is 0.565. The molecule has 10 heavy (non-hydrogen) atoms. The van der Waals surface area contributed by atoms with Crippen molar-refractivity contribution in [2.24, 2.45) is 11.5 Å². The van der Waals surface area contributed by atoms with Crippen LogP contribution in [0.15, 0.2) is 23.4 Å². The highest BCUT2D eigenvalue weighted by Gasteiger charge is 2.08. The fraction of sp³-hybridized carbons (Fsp3) is 0.500. The number of hydrogen-bond donors (Lipinski definition) is 2. The van der Waals surface area contributed by atoms with Crippen LogP contribution in [0, 0.1) is 0 Å². The Kier molecular flexibility index (Phi) is 2.12. The van der Waals surface area contributed by atoms with Gasteiger partial charge in [0.2, 0.25) is 0 Å². The molecule has 0 bridgehead atoms. The van der Waals surface area contributed by atoms with Gasteiger partial charge in [0.25, 0.3) is 0 Å². The van der Waals surface area contributed by atoms with Gasteiger partial charge < -0.3 is 11.5 Å². The first-order valence-corrected chi connectivity index (χ1v) is 3.65. The van der Waals surface area contributed by atoms with Crippen LogP contribution in [-0.2, 0) is 0 Å². The molecule has 2 nitrogen and oxygen atoms in total. The molecule has 0 saturated heterocycles. The molecule has 0 saturated carbocycles. The fourth-order valence-electron chi connectivity index (χ4n) is 1.04. The minimum absolute atomic E-state index is 0.0512. The van der Waals surface area contributed by atoms with Gasteiger partial charge in [-0.2, -0.15) is 0 Å². The molecular formula is C8H14N2. The third kappa shape index (κ3) is 1.39. The Labute approximate surface area is 61.6 Å². The lowest BCUT2D eigenvalue weighted by molar-refractivity contribution is 0.752. The zero-order valence-corrected chi connectivity index (χ0v) is 6.30. The average Bonchev–Trinajstić information content (AvgIpc) is 1.95. The van der Waals surface area contributed by atoms with Crippen molar-refractivity contribution >= 4 is 0 Å². The highest BCUT2D eigenvalue weighted by atomic mass is 14.7. The summed E-state index contributed by atoms with van der Waals surface area (Å²) in [6.07, 6.45) is 6.08. The highest BCUT2D eigenvalue weighted by Crippen LogP contribution is 2.14. The molecule has 0 heterocycles. The Balaban J connectivity index is 2.69. The van der Waals surface area contributed by atoms with E-state index in [9.17, 15) is 0 Å². The van der Waals surface area contributed by atoms with Crippen molar-refractivity contribution in [1.82, 2.24) is 0 Å². The van der Waals surface area contributed by atoms with Crippen LogP contribution in [0.5, 0.6) is 0 Å². The molecule has 0 fully saturated rings. The lowest BCUT2D eigenvalue weighted by Gasteiger charge is -2.15. The van der Waals surface area contributed by atoms with Crippen molar-refractivity contribution in [2.75, 3.05) is 0 Å². The normalized spacial score (nSPS) is 25.6. The van der Waals surface area contributed by atoms with E-state index in [2.05, 4.69) is 13.0 Å². The van der Waals surface area contributed by atoms with E-state index in [-0.39, 0.29) is 6.04 Å². The van der Waals surface area contributed by atoms with Crippen LogP contribution >= 0.6 is 0 Å². The standard InChI is InChI=1S/C8H14N2/c1-2-6-3-4-7(9)8(10)5-6/h3,5,7H,2,4,9-10H2,1H3. The van der Waals surface area contributed by atoms with Gasteiger partial charge in [-0.1, -0.05) is 18.6 Å². The predicted molar refractivity (Wildman–Crippen MR) is 43.2 cm³/mol. The number of allylic oxidation sites excluding steroid dienone is 2. The summed E-state index contributed by atoms with van der Waals surface area (Å²) in [5.74, 6) is 0. The zero-order chi connectivity index (χ0) is 7.56. The molecule has 0 amide bonds. The van der Waals surface area contributed by atoms with Crippen molar-refractivity contribution in [3.8, 4) is 0 Å². The van der Waals surface area contributed by atoms with E-state index in [1.54, 1.807) is 0 Å². The van der Waals surface area contributed by atoms with Gasteiger partial charge in [-0.3, -0.25) is 0 Å². The lowest BCUT2D eigenvalue weighted by atomic mass is 9.99.